The van der Waals surface area contributed by atoms with Gasteiger partial charge in [-0.15, -0.1) is 0 Å². The van der Waals surface area contributed by atoms with Gasteiger partial charge in [-0.05, 0) is 87.3 Å². The number of esters is 1. The maximum atomic E-state index is 12.8. The molecule has 1 heterocycles. The fourth-order valence-electron chi connectivity index (χ4n) is 3.54. The Morgan fingerprint density at radius 3 is 2.33 bits per heavy atom. The molecule has 0 saturated heterocycles. The lowest BCUT2D eigenvalue weighted by Crippen LogP contribution is -2.31. The lowest BCUT2D eigenvalue weighted by molar-refractivity contribution is -0.152. The molecule has 1 aromatic heterocycles. The van der Waals surface area contributed by atoms with Crippen LogP contribution >= 0.6 is 35.1 Å². The standard InChI is InChI=1S/C27H25Cl2N3O3S/c1-27(2,3)35-25(33)17-32(36-23-15-19(28)14-20(29)16-23)22-9-10-24-18(13-22)11-12-31(24)26(34)30-21-7-5-4-6-8-21/h4-16H,17H2,1-3H3,(H,30,34). The van der Waals surface area contributed by atoms with Crippen molar-refractivity contribution < 1.29 is 14.3 Å². The van der Waals surface area contributed by atoms with Gasteiger partial charge in [-0.1, -0.05) is 41.4 Å². The number of aromatic nitrogens is 1. The van der Waals surface area contributed by atoms with Crippen molar-refractivity contribution in [3.63, 3.8) is 0 Å². The second-order valence-corrected chi connectivity index (χ2v) is 11.0. The van der Waals surface area contributed by atoms with E-state index in [9.17, 15) is 9.59 Å². The van der Waals surface area contributed by atoms with Crippen LogP contribution in [0.4, 0.5) is 16.2 Å². The van der Waals surface area contributed by atoms with Gasteiger partial charge in [-0.3, -0.25) is 9.36 Å². The van der Waals surface area contributed by atoms with Gasteiger partial charge in [0.15, 0.2) is 0 Å². The van der Waals surface area contributed by atoms with E-state index < -0.39 is 5.60 Å². The average molecular weight is 542 g/mol. The van der Waals surface area contributed by atoms with Crippen LogP contribution in [-0.4, -0.2) is 28.7 Å². The van der Waals surface area contributed by atoms with Gasteiger partial charge in [0.05, 0.1) is 5.52 Å². The lowest BCUT2D eigenvalue weighted by atomic mass is 10.2. The zero-order valence-electron chi connectivity index (χ0n) is 20.0. The van der Waals surface area contributed by atoms with Gasteiger partial charge in [-0.2, -0.15) is 0 Å². The Kier molecular flexibility index (Phi) is 7.83. The Labute approximate surface area is 224 Å². The quantitative estimate of drug-likeness (QED) is 0.198. The molecule has 0 fully saturated rings. The van der Waals surface area contributed by atoms with Gasteiger partial charge < -0.3 is 14.4 Å². The summed E-state index contributed by atoms with van der Waals surface area (Å²) < 4.78 is 8.92. The molecule has 3 aromatic carbocycles. The number of carbonyl (C=O) groups excluding carboxylic acids is 2. The molecule has 0 saturated carbocycles. The largest absolute Gasteiger partial charge is 0.459 e. The first-order valence-electron chi connectivity index (χ1n) is 11.2. The highest BCUT2D eigenvalue weighted by Crippen LogP contribution is 2.34. The number of hydrogen-bond donors (Lipinski definition) is 1. The molecule has 1 N–H and O–H groups in total. The minimum Gasteiger partial charge on any atom is -0.459 e. The first kappa shape index (κ1) is 25.9. The summed E-state index contributed by atoms with van der Waals surface area (Å²) in [6.45, 7) is 5.48. The van der Waals surface area contributed by atoms with Gasteiger partial charge >= 0.3 is 12.0 Å². The van der Waals surface area contributed by atoms with Gasteiger partial charge in [0.2, 0.25) is 0 Å². The third-order valence-electron chi connectivity index (χ3n) is 4.95. The molecule has 0 aliphatic rings. The lowest BCUT2D eigenvalue weighted by Gasteiger charge is -2.26. The van der Waals surface area contributed by atoms with Gasteiger partial charge in [-0.25, -0.2) is 4.79 Å². The van der Waals surface area contributed by atoms with E-state index in [1.807, 2.05) is 79.7 Å². The van der Waals surface area contributed by atoms with E-state index in [1.54, 1.807) is 29.0 Å². The van der Waals surface area contributed by atoms with E-state index in [4.69, 9.17) is 27.9 Å². The van der Waals surface area contributed by atoms with E-state index in [1.165, 1.54) is 11.9 Å². The van der Waals surface area contributed by atoms with Crippen molar-refractivity contribution in [2.45, 2.75) is 31.3 Å². The van der Waals surface area contributed by atoms with Crippen LogP contribution in [0.2, 0.25) is 10.0 Å². The first-order valence-corrected chi connectivity index (χ1v) is 12.7. The van der Waals surface area contributed by atoms with Crippen molar-refractivity contribution in [2.75, 3.05) is 16.2 Å². The third-order valence-corrected chi connectivity index (χ3v) is 6.39. The molecule has 0 bridgehead atoms. The summed E-state index contributed by atoms with van der Waals surface area (Å²) in [4.78, 5) is 26.3. The zero-order valence-corrected chi connectivity index (χ0v) is 22.3. The van der Waals surface area contributed by atoms with Crippen LogP contribution in [0.15, 0.2) is 83.9 Å². The molecule has 0 spiro atoms. The van der Waals surface area contributed by atoms with E-state index in [0.29, 0.717) is 15.7 Å². The molecular weight excluding hydrogens is 517 g/mol. The molecule has 9 heteroatoms. The number of para-hydroxylation sites is 1. The topological polar surface area (TPSA) is 63.6 Å². The second-order valence-electron chi connectivity index (χ2n) is 9.04. The number of halogens is 2. The third kappa shape index (κ3) is 6.75. The molecule has 0 atom stereocenters. The number of nitrogens with one attached hydrogen (secondary N) is 1. The van der Waals surface area contributed by atoms with E-state index in [0.717, 1.165) is 21.5 Å². The van der Waals surface area contributed by atoms with Gasteiger partial charge in [0.1, 0.15) is 12.1 Å². The zero-order chi connectivity index (χ0) is 25.9. The Morgan fingerprint density at radius 2 is 1.67 bits per heavy atom. The number of fused-ring (bicyclic) bond motifs is 1. The van der Waals surface area contributed by atoms with Gasteiger partial charge in [0, 0.05) is 37.9 Å². The Hall–Kier alpha value is -3.13. The summed E-state index contributed by atoms with van der Waals surface area (Å²) >= 11 is 13.7. The Morgan fingerprint density at radius 1 is 0.972 bits per heavy atom. The van der Waals surface area contributed by atoms with Crippen molar-refractivity contribution in [3.8, 4) is 0 Å². The van der Waals surface area contributed by atoms with Gasteiger partial charge in [0.25, 0.3) is 0 Å². The SMILES string of the molecule is CC(C)(C)OC(=O)CN(Sc1cc(Cl)cc(Cl)c1)c1ccc2c(ccn2C(=O)Nc2ccccc2)c1. The van der Waals surface area contributed by atoms with Crippen LogP contribution < -0.4 is 9.62 Å². The monoisotopic (exact) mass is 541 g/mol. The molecule has 6 nitrogen and oxygen atoms in total. The van der Waals surface area contributed by atoms with E-state index in [-0.39, 0.29) is 18.5 Å². The van der Waals surface area contributed by atoms with Crippen LogP contribution in [0.25, 0.3) is 10.9 Å². The Bertz CT molecular complexity index is 1380. The molecule has 1 amide bonds. The molecule has 186 valence electrons. The van der Waals surface area contributed by atoms with Crippen molar-refractivity contribution in [1.29, 1.82) is 0 Å². The van der Waals surface area contributed by atoms with Crippen LogP contribution in [0, 0.1) is 0 Å². The van der Waals surface area contributed by atoms with Crippen LogP contribution in [0.5, 0.6) is 0 Å². The number of benzene rings is 3. The highest BCUT2D eigenvalue weighted by Gasteiger charge is 2.21. The highest BCUT2D eigenvalue weighted by molar-refractivity contribution is 8.00. The maximum absolute atomic E-state index is 12.8. The predicted octanol–water partition coefficient (Wildman–Crippen LogP) is 7.88. The molecule has 36 heavy (non-hydrogen) atoms. The fourth-order valence-corrected chi connectivity index (χ4v) is 5.20. The number of amides is 1. The van der Waals surface area contributed by atoms with Crippen molar-refractivity contribution in [1.82, 2.24) is 4.57 Å². The second kappa shape index (κ2) is 10.9. The molecule has 0 unspecified atom stereocenters. The molecule has 4 rings (SSSR count). The number of nitrogens with zero attached hydrogens (tertiary/aromatic N) is 2. The summed E-state index contributed by atoms with van der Waals surface area (Å²) in [5, 5.41) is 4.73. The Balaban J connectivity index is 1.63. The average Bonchev–Trinajstić information content (AvgIpc) is 3.21. The summed E-state index contributed by atoms with van der Waals surface area (Å²) in [5.74, 6) is -0.372. The number of ether oxygens (including phenoxy) is 1. The molecule has 0 radical (unpaired) electrons. The van der Waals surface area contributed by atoms with Crippen molar-refractivity contribution in [3.05, 3.63) is 89.0 Å². The number of anilines is 2. The van der Waals surface area contributed by atoms with Crippen LogP contribution in [0.3, 0.4) is 0 Å². The van der Waals surface area contributed by atoms with Crippen LogP contribution in [0.1, 0.15) is 20.8 Å². The molecular formula is C27H25Cl2N3O3S. The smallest absolute Gasteiger partial charge is 0.330 e. The number of rotatable bonds is 6. The predicted molar refractivity (Wildman–Crippen MR) is 148 cm³/mol. The van der Waals surface area contributed by atoms with Crippen molar-refractivity contribution >= 4 is 69.4 Å². The normalized spacial score (nSPS) is 11.4. The molecule has 4 aromatic rings. The highest BCUT2D eigenvalue weighted by atomic mass is 35.5. The fraction of sp³-hybridized carbons (Fsp3) is 0.185. The first-order chi connectivity index (χ1) is 17.1. The summed E-state index contributed by atoms with van der Waals surface area (Å²) in [7, 11) is 0. The summed E-state index contributed by atoms with van der Waals surface area (Å²) in [6.07, 6.45) is 1.72. The van der Waals surface area contributed by atoms with E-state index >= 15 is 0 Å². The van der Waals surface area contributed by atoms with Crippen molar-refractivity contribution in [2.24, 2.45) is 0 Å². The summed E-state index contributed by atoms with van der Waals surface area (Å²) in [6, 6.07) is 21.7. The van der Waals surface area contributed by atoms with Crippen LogP contribution in [-0.2, 0) is 9.53 Å². The number of carbonyl (C=O) groups is 2. The molecule has 0 aliphatic heterocycles. The minimum absolute atomic E-state index is 0.00717. The summed E-state index contributed by atoms with van der Waals surface area (Å²) in [5.41, 5.74) is 1.59. The van der Waals surface area contributed by atoms with E-state index in [2.05, 4.69) is 5.32 Å². The maximum Gasteiger partial charge on any atom is 0.330 e. The molecule has 0 aliphatic carbocycles. The minimum atomic E-state index is -0.611. The number of hydrogen-bond acceptors (Lipinski definition) is 5.